The fourth-order valence-electron chi connectivity index (χ4n) is 2.95. The zero-order valence-electron chi connectivity index (χ0n) is 17.6. The lowest BCUT2D eigenvalue weighted by atomic mass is 10.1. The molecule has 3 aromatic rings. The van der Waals surface area contributed by atoms with E-state index >= 15 is 0 Å². The molecule has 0 spiro atoms. The second-order valence-electron chi connectivity index (χ2n) is 6.79. The van der Waals surface area contributed by atoms with Crippen molar-refractivity contribution in [1.29, 1.82) is 0 Å². The first-order valence-corrected chi connectivity index (χ1v) is 9.62. The highest BCUT2D eigenvalue weighted by Crippen LogP contribution is 2.26. The van der Waals surface area contributed by atoms with Crippen LogP contribution in [0.1, 0.15) is 19.5 Å². The summed E-state index contributed by atoms with van der Waals surface area (Å²) < 4.78 is 12.6. The summed E-state index contributed by atoms with van der Waals surface area (Å²) in [4.78, 5) is 14.2. The highest BCUT2D eigenvalue weighted by atomic mass is 16.6. The van der Waals surface area contributed by atoms with Crippen molar-refractivity contribution in [2.45, 2.75) is 13.8 Å². The number of aromatic nitrogens is 3. The topological polar surface area (TPSA) is 91.0 Å². The minimum Gasteiger partial charge on any atom is -0.491 e. The van der Waals surface area contributed by atoms with Crippen LogP contribution in [0.5, 0.6) is 11.6 Å². The summed E-state index contributed by atoms with van der Waals surface area (Å²) in [5.41, 5.74) is 3.21. The van der Waals surface area contributed by atoms with Crippen molar-refractivity contribution < 1.29 is 19.4 Å². The predicted molar refractivity (Wildman–Crippen MR) is 114 cm³/mol. The Kier molecular flexibility index (Phi) is 7.03. The standard InChI is InChI=1S/C22H26N4O4/c1-15(2)21(25-29-4)19-14-26(17-6-8-18(9-7-17)30-12-11-27)22(24-19)16-5-10-20(28-3)23-13-16/h5-10,13-15,27H,11-12H2,1-4H3/b25-21+. The van der Waals surface area contributed by atoms with E-state index in [1.54, 1.807) is 19.4 Å². The van der Waals surface area contributed by atoms with Crippen molar-refractivity contribution in [3.63, 3.8) is 0 Å². The summed E-state index contributed by atoms with van der Waals surface area (Å²) in [7, 11) is 3.11. The Morgan fingerprint density at radius 1 is 1.13 bits per heavy atom. The van der Waals surface area contributed by atoms with Crippen LogP contribution < -0.4 is 9.47 Å². The largest absolute Gasteiger partial charge is 0.491 e. The van der Waals surface area contributed by atoms with Gasteiger partial charge in [-0.3, -0.25) is 4.57 Å². The van der Waals surface area contributed by atoms with Gasteiger partial charge >= 0.3 is 0 Å². The Balaban J connectivity index is 2.08. The Labute approximate surface area is 175 Å². The van der Waals surface area contributed by atoms with Gasteiger partial charge in [-0.2, -0.15) is 0 Å². The summed E-state index contributed by atoms with van der Waals surface area (Å²) >= 11 is 0. The van der Waals surface area contributed by atoms with E-state index in [1.165, 1.54) is 7.11 Å². The van der Waals surface area contributed by atoms with E-state index in [0.717, 1.165) is 22.7 Å². The van der Waals surface area contributed by atoms with Crippen LogP contribution in [-0.2, 0) is 4.84 Å². The van der Waals surface area contributed by atoms with Gasteiger partial charge < -0.3 is 19.4 Å². The van der Waals surface area contributed by atoms with Crippen molar-refractivity contribution in [3.8, 4) is 28.7 Å². The van der Waals surface area contributed by atoms with Gasteiger partial charge in [-0.15, -0.1) is 0 Å². The van der Waals surface area contributed by atoms with Gasteiger partial charge in [-0.25, -0.2) is 9.97 Å². The van der Waals surface area contributed by atoms with Gasteiger partial charge in [0.25, 0.3) is 0 Å². The zero-order chi connectivity index (χ0) is 21.5. The van der Waals surface area contributed by atoms with Crippen LogP contribution in [0.3, 0.4) is 0 Å². The van der Waals surface area contributed by atoms with E-state index in [-0.39, 0.29) is 19.1 Å². The van der Waals surface area contributed by atoms with Gasteiger partial charge in [0.05, 0.1) is 13.7 Å². The molecule has 0 unspecified atom stereocenters. The van der Waals surface area contributed by atoms with E-state index in [1.807, 2.05) is 54.9 Å². The number of benzene rings is 1. The van der Waals surface area contributed by atoms with E-state index in [9.17, 15) is 0 Å². The lowest BCUT2D eigenvalue weighted by Crippen LogP contribution is -2.10. The molecule has 30 heavy (non-hydrogen) atoms. The van der Waals surface area contributed by atoms with E-state index in [4.69, 9.17) is 24.4 Å². The average Bonchev–Trinajstić information content (AvgIpc) is 3.21. The average molecular weight is 410 g/mol. The maximum Gasteiger partial charge on any atom is 0.212 e. The number of imidazole rings is 1. The highest BCUT2D eigenvalue weighted by Gasteiger charge is 2.19. The molecule has 2 aromatic heterocycles. The van der Waals surface area contributed by atoms with Crippen LogP contribution in [0.25, 0.3) is 17.1 Å². The third-order valence-electron chi connectivity index (χ3n) is 4.38. The molecule has 0 radical (unpaired) electrons. The maximum absolute atomic E-state index is 8.93. The maximum atomic E-state index is 8.93. The quantitative estimate of drug-likeness (QED) is 0.430. The number of oxime groups is 1. The first kappa shape index (κ1) is 21.3. The van der Waals surface area contributed by atoms with Crippen LogP contribution in [-0.4, -0.2) is 52.8 Å². The van der Waals surface area contributed by atoms with E-state index < -0.39 is 0 Å². The van der Waals surface area contributed by atoms with Crippen LogP contribution in [0.2, 0.25) is 0 Å². The van der Waals surface area contributed by atoms with E-state index in [2.05, 4.69) is 10.1 Å². The first-order chi connectivity index (χ1) is 14.6. The Hall–Kier alpha value is -3.39. The molecule has 0 saturated carbocycles. The molecule has 0 aliphatic heterocycles. The minimum atomic E-state index is -0.0297. The fraction of sp³-hybridized carbons (Fsp3) is 0.318. The number of hydrogen-bond donors (Lipinski definition) is 1. The zero-order valence-corrected chi connectivity index (χ0v) is 17.6. The SMILES string of the molecule is CO/N=C(/c1cn(-c2ccc(OCCO)cc2)c(-c2ccc(OC)nc2)n1)C(C)C. The van der Waals surface area contributed by atoms with Gasteiger partial charge in [0.1, 0.15) is 36.7 Å². The summed E-state index contributed by atoms with van der Waals surface area (Å²) in [6, 6.07) is 11.3. The molecule has 8 heteroatoms. The lowest BCUT2D eigenvalue weighted by molar-refractivity contribution is 0.201. The Morgan fingerprint density at radius 2 is 1.90 bits per heavy atom. The smallest absolute Gasteiger partial charge is 0.212 e. The van der Waals surface area contributed by atoms with Crippen LogP contribution in [0, 0.1) is 5.92 Å². The van der Waals surface area contributed by atoms with Crippen molar-refractivity contribution in [2.75, 3.05) is 27.4 Å². The summed E-state index contributed by atoms with van der Waals surface area (Å²) in [6.07, 6.45) is 3.66. The molecule has 1 N–H and O–H groups in total. The number of rotatable bonds is 9. The van der Waals surface area contributed by atoms with E-state index in [0.29, 0.717) is 17.5 Å². The number of nitrogens with zero attached hydrogens (tertiary/aromatic N) is 4. The second-order valence-corrected chi connectivity index (χ2v) is 6.79. The number of aliphatic hydroxyl groups excluding tert-OH is 1. The van der Waals surface area contributed by atoms with Crippen molar-refractivity contribution in [3.05, 3.63) is 54.5 Å². The number of ether oxygens (including phenoxy) is 2. The molecule has 0 aliphatic carbocycles. The first-order valence-electron chi connectivity index (χ1n) is 9.62. The van der Waals surface area contributed by atoms with Crippen molar-refractivity contribution >= 4 is 5.71 Å². The molecule has 3 rings (SSSR count). The molecule has 0 saturated heterocycles. The molecule has 1 aromatic carbocycles. The molecule has 0 amide bonds. The number of methoxy groups -OCH3 is 1. The summed E-state index contributed by atoms with van der Waals surface area (Å²) in [5, 5.41) is 13.1. The summed E-state index contributed by atoms with van der Waals surface area (Å²) in [5.74, 6) is 2.06. The molecular weight excluding hydrogens is 384 g/mol. The second kappa shape index (κ2) is 9.89. The predicted octanol–water partition coefficient (Wildman–Crippen LogP) is 3.32. The van der Waals surface area contributed by atoms with Crippen molar-refractivity contribution in [1.82, 2.24) is 14.5 Å². The van der Waals surface area contributed by atoms with Crippen LogP contribution in [0.15, 0.2) is 53.9 Å². The van der Waals surface area contributed by atoms with Crippen molar-refractivity contribution in [2.24, 2.45) is 11.1 Å². The molecule has 0 aliphatic rings. The van der Waals surface area contributed by atoms with Crippen LogP contribution >= 0.6 is 0 Å². The highest BCUT2D eigenvalue weighted by molar-refractivity contribution is 6.00. The molecular formula is C22H26N4O4. The fourth-order valence-corrected chi connectivity index (χ4v) is 2.95. The van der Waals surface area contributed by atoms with Gasteiger partial charge in [0.2, 0.25) is 5.88 Å². The monoisotopic (exact) mass is 410 g/mol. The molecule has 0 fully saturated rings. The molecule has 8 nitrogen and oxygen atoms in total. The summed E-state index contributed by atoms with van der Waals surface area (Å²) in [6.45, 7) is 4.30. The van der Waals surface area contributed by atoms with Crippen LogP contribution in [0.4, 0.5) is 0 Å². The number of pyridine rings is 1. The molecule has 0 atom stereocenters. The molecule has 2 heterocycles. The number of aliphatic hydroxyl groups is 1. The van der Waals surface area contributed by atoms with Gasteiger partial charge in [-0.05, 0) is 30.3 Å². The van der Waals surface area contributed by atoms with Gasteiger partial charge in [-0.1, -0.05) is 19.0 Å². The molecule has 158 valence electrons. The van der Waals surface area contributed by atoms with Gasteiger partial charge in [0.15, 0.2) is 0 Å². The third kappa shape index (κ3) is 4.77. The molecule has 0 bridgehead atoms. The Bertz CT molecular complexity index is 979. The number of hydrogen-bond acceptors (Lipinski definition) is 7. The minimum absolute atomic E-state index is 0.0297. The lowest BCUT2D eigenvalue weighted by Gasteiger charge is -2.10. The normalized spacial score (nSPS) is 11.6. The third-order valence-corrected chi connectivity index (χ3v) is 4.38. The Morgan fingerprint density at radius 3 is 2.47 bits per heavy atom. The van der Waals surface area contributed by atoms with Gasteiger partial charge in [0, 0.05) is 35.6 Å².